The van der Waals surface area contributed by atoms with E-state index in [1.165, 1.54) is 0 Å². The van der Waals surface area contributed by atoms with Crippen molar-refractivity contribution in [1.29, 1.82) is 0 Å². The monoisotopic (exact) mass is 284 g/mol. The molecule has 5 nitrogen and oxygen atoms in total. The Labute approximate surface area is 121 Å². The first-order chi connectivity index (χ1) is 9.36. The zero-order valence-electron chi connectivity index (χ0n) is 12.8. The van der Waals surface area contributed by atoms with Crippen molar-refractivity contribution in [3.8, 4) is 0 Å². The lowest BCUT2D eigenvalue weighted by molar-refractivity contribution is -0.150. The molecule has 0 radical (unpaired) electrons. The third-order valence-corrected chi connectivity index (χ3v) is 4.57. The average Bonchev–Trinajstić information content (AvgIpc) is 2.31. The summed E-state index contributed by atoms with van der Waals surface area (Å²) in [5.74, 6) is 0.175. The van der Waals surface area contributed by atoms with Crippen LogP contribution in [0.2, 0.25) is 0 Å². The highest BCUT2D eigenvalue weighted by molar-refractivity contribution is 5.77. The van der Waals surface area contributed by atoms with Crippen LogP contribution in [0.4, 0.5) is 0 Å². The van der Waals surface area contributed by atoms with Crippen LogP contribution >= 0.6 is 0 Å². The average molecular weight is 284 g/mol. The number of likely N-dealkylation sites (tertiary alicyclic amines) is 1. The lowest BCUT2D eigenvalue weighted by Gasteiger charge is -2.41. The van der Waals surface area contributed by atoms with Crippen LogP contribution in [-0.2, 0) is 9.59 Å². The van der Waals surface area contributed by atoms with Gasteiger partial charge in [-0.15, -0.1) is 0 Å². The molecule has 2 atom stereocenters. The highest BCUT2D eigenvalue weighted by atomic mass is 16.4. The van der Waals surface area contributed by atoms with E-state index in [4.69, 9.17) is 10.8 Å². The summed E-state index contributed by atoms with van der Waals surface area (Å²) >= 11 is 0. The molecule has 2 unspecified atom stereocenters. The number of nitrogens with zero attached hydrogens (tertiary/aromatic N) is 1. The van der Waals surface area contributed by atoms with Crippen LogP contribution in [0.25, 0.3) is 0 Å². The van der Waals surface area contributed by atoms with Crippen molar-refractivity contribution in [2.75, 3.05) is 19.6 Å². The second kappa shape index (κ2) is 7.62. The fraction of sp³-hybridized carbons (Fsp3) is 0.867. The zero-order valence-corrected chi connectivity index (χ0v) is 12.8. The minimum atomic E-state index is -0.773. The minimum absolute atomic E-state index is 0.112. The van der Waals surface area contributed by atoms with Crippen molar-refractivity contribution in [3.05, 3.63) is 0 Å². The van der Waals surface area contributed by atoms with Crippen LogP contribution in [0.15, 0.2) is 0 Å². The number of carboxylic acid groups (broad SMARTS) is 1. The molecule has 3 N–H and O–H groups in total. The lowest BCUT2D eigenvalue weighted by Crippen LogP contribution is -2.53. The van der Waals surface area contributed by atoms with Gasteiger partial charge in [0.15, 0.2) is 0 Å². The number of carboxylic acids is 1. The molecular weight excluding hydrogens is 256 g/mol. The number of hydrogen-bond donors (Lipinski definition) is 2. The van der Waals surface area contributed by atoms with Gasteiger partial charge in [0.2, 0.25) is 5.91 Å². The Morgan fingerprint density at radius 2 is 1.85 bits per heavy atom. The summed E-state index contributed by atoms with van der Waals surface area (Å²) in [6, 6.07) is 0. The Bertz CT molecular complexity index is 338. The van der Waals surface area contributed by atoms with Crippen LogP contribution in [0.3, 0.4) is 0 Å². The summed E-state index contributed by atoms with van der Waals surface area (Å²) in [7, 11) is 0. The van der Waals surface area contributed by atoms with Gasteiger partial charge < -0.3 is 15.7 Å². The van der Waals surface area contributed by atoms with Crippen LogP contribution in [0, 0.1) is 23.7 Å². The Morgan fingerprint density at radius 1 is 1.25 bits per heavy atom. The van der Waals surface area contributed by atoms with Gasteiger partial charge in [-0.2, -0.15) is 0 Å². The first-order valence-electron chi connectivity index (χ1n) is 7.57. The van der Waals surface area contributed by atoms with Gasteiger partial charge in [0.25, 0.3) is 0 Å². The Morgan fingerprint density at radius 3 is 2.30 bits per heavy atom. The fourth-order valence-corrected chi connectivity index (χ4v) is 2.73. The van der Waals surface area contributed by atoms with Crippen LogP contribution in [0.5, 0.6) is 0 Å². The highest BCUT2D eigenvalue weighted by Crippen LogP contribution is 2.26. The SMILES string of the molecule is CC(C)C(CCN)CCC(=O)N1CC(C(C)C(=O)O)C1. The molecule has 116 valence electrons. The van der Waals surface area contributed by atoms with E-state index in [2.05, 4.69) is 13.8 Å². The molecule has 1 aliphatic heterocycles. The highest BCUT2D eigenvalue weighted by Gasteiger charge is 2.36. The molecule has 1 saturated heterocycles. The molecule has 20 heavy (non-hydrogen) atoms. The largest absolute Gasteiger partial charge is 0.481 e. The number of nitrogens with two attached hydrogens (primary N) is 1. The predicted octanol–water partition coefficient (Wildman–Crippen LogP) is 1.57. The van der Waals surface area contributed by atoms with E-state index in [9.17, 15) is 9.59 Å². The minimum Gasteiger partial charge on any atom is -0.481 e. The molecule has 0 bridgehead atoms. The van der Waals surface area contributed by atoms with E-state index < -0.39 is 5.97 Å². The summed E-state index contributed by atoms with van der Waals surface area (Å²) < 4.78 is 0. The van der Waals surface area contributed by atoms with Crippen LogP contribution < -0.4 is 5.73 Å². The number of aliphatic carboxylic acids is 1. The molecule has 0 aromatic carbocycles. The topological polar surface area (TPSA) is 83.6 Å². The molecule has 0 saturated carbocycles. The maximum absolute atomic E-state index is 12.0. The maximum atomic E-state index is 12.0. The van der Waals surface area contributed by atoms with Crippen LogP contribution in [-0.4, -0.2) is 41.5 Å². The Balaban J connectivity index is 2.30. The number of rotatable bonds is 8. The molecule has 5 heteroatoms. The molecule has 0 aliphatic carbocycles. The third-order valence-electron chi connectivity index (χ3n) is 4.57. The van der Waals surface area contributed by atoms with Gasteiger partial charge in [-0.1, -0.05) is 20.8 Å². The number of amides is 1. The lowest BCUT2D eigenvalue weighted by atomic mass is 9.85. The van der Waals surface area contributed by atoms with Gasteiger partial charge in [0.1, 0.15) is 0 Å². The molecule has 0 spiro atoms. The van der Waals surface area contributed by atoms with Gasteiger partial charge in [-0.3, -0.25) is 9.59 Å². The van der Waals surface area contributed by atoms with E-state index in [1.54, 1.807) is 11.8 Å². The zero-order chi connectivity index (χ0) is 15.3. The second-order valence-corrected chi connectivity index (χ2v) is 6.31. The van der Waals surface area contributed by atoms with E-state index in [1.807, 2.05) is 0 Å². The summed E-state index contributed by atoms with van der Waals surface area (Å²) in [5, 5.41) is 8.92. The molecule has 1 aliphatic rings. The van der Waals surface area contributed by atoms with Crippen molar-refractivity contribution in [2.45, 2.75) is 40.0 Å². The van der Waals surface area contributed by atoms with Gasteiger partial charge in [-0.25, -0.2) is 0 Å². The Hall–Kier alpha value is -1.10. The number of carbonyl (C=O) groups excluding carboxylic acids is 1. The van der Waals surface area contributed by atoms with Crippen LogP contribution in [0.1, 0.15) is 40.0 Å². The fourth-order valence-electron chi connectivity index (χ4n) is 2.73. The number of carbonyl (C=O) groups is 2. The molecule has 1 amide bonds. The van der Waals surface area contributed by atoms with E-state index in [0.29, 0.717) is 37.9 Å². The van der Waals surface area contributed by atoms with Crippen molar-refractivity contribution >= 4 is 11.9 Å². The smallest absolute Gasteiger partial charge is 0.306 e. The predicted molar refractivity (Wildman–Crippen MR) is 78.1 cm³/mol. The van der Waals surface area contributed by atoms with Gasteiger partial charge in [0.05, 0.1) is 5.92 Å². The van der Waals surface area contributed by atoms with Gasteiger partial charge in [0, 0.05) is 25.4 Å². The maximum Gasteiger partial charge on any atom is 0.306 e. The van der Waals surface area contributed by atoms with Crippen molar-refractivity contribution < 1.29 is 14.7 Å². The van der Waals surface area contributed by atoms with Crippen molar-refractivity contribution in [1.82, 2.24) is 4.90 Å². The van der Waals surface area contributed by atoms with Crippen molar-refractivity contribution in [2.24, 2.45) is 29.4 Å². The van der Waals surface area contributed by atoms with Gasteiger partial charge >= 0.3 is 5.97 Å². The molecule has 1 heterocycles. The molecule has 0 aromatic heterocycles. The van der Waals surface area contributed by atoms with E-state index in [0.717, 1.165) is 12.8 Å². The molecule has 1 rings (SSSR count). The molecule has 1 fully saturated rings. The summed E-state index contributed by atoms with van der Waals surface area (Å²) in [5.41, 5.74) is 5.60. The normalized spacial score (nSPS) is 18.8. The standard InChI is InChI=1S/C15H28N2O3/c1-10(2)12(6-7-16)4-5-14(18)17-8-13(9-17)11(3)15(19)20/h10-13H,4-9,16H2,1-3H3,(H,19,20). The number of hydrogen-bond acceptors (Lipinski definition) is 3. The third kappa shape index (κ3) is 4.47. The molecular formula is C15H28N2O3. The Kier molecular flexibility index (Phi) is 6.46. The van der Waals surface area contributed by atoms with Crippen molar-refractivity contribution in [3.63, 3.8) is 0 Å². The summed E-state index contributed by atoms with van der Waals surface area (Å²) in [6.45, 7) is 7.90. The molecule has 0 aromatic rings. The first-order valence-corrected chi connectivity index (χ1v) is 7.57. The summed E-state index contributed by atoms with van der Waals surface area (Å²) in [6.07, 6.45) is 2.39. The van der Waals surface area contributed by atoms with E-state index in [-0.39, 0.29) is 17.7 Å². The van der Waals surface area contributed by atoms with Gasteiger partial charge in [-0.05, 0) is 31.2 Å². The van der Waals surface area contributed by atoms with E-state index >= 15 is 0 Å². The summed E-state index contributed by atoms with van der Waals surface area (Å²) in [4.78, 5) is 24.7. The second-order valence-electron chi connectivity index (χ2n) is 6.31. The first kappa shape index (κ1) is 17.0. The quantitative estimate of drug-likeness (QED) is 0.708.